The fourth-order valence-electron chi connectivity index (χ4n) is 4.06. The number of aromatic nitrogens is 4. The van der Waals surface area contributed by atoms with E-state index in [0.29, 0.717) is 11.3 Å². The number of likely N-dealkylation sites (tertiary alicyclic amines) is 1. The van der Waals surface area contributed by atoms with Crippen molar-refractivity contribution >= 4 is 22.2 Å². The third kappa shape index (κ3) is 3.25. The summed E-state index contributed by atoms with van der Waals surface area (Å²) in [5.41, 5.74) is 0.643. The van der Waals surface area contributed by atoms with Gasteiger partial charge in [0.2, 0.25) is 0 Å². The van der Waals surface area contributed by atoms with Crippen LogP contribution < -0.4 is 5.56 Å². The Kier molecular flexibility index (Phi) is 4.70. The molecular formula is C20H23N5O2S. The maximum Gasteiger partial charge on any atom is 0.261 e. The molecule has 8 heteroatoms. The lowest BCUT2D eigenvalue weighted by atomic mass is 10.1. The molecule has 1 atom stereocenters. The number of aliphatic hydroxyl groups is 1. The average Bonchev–Trinajstić information content (AvgIpc) is 3.28. The van der Waals surface area contributed by atoms with Crippen LogP contribution in [0.5, 0.6) is 0 Å². The molecule has 3 heterocycles. The van der Waals surface area contributed by atoms with Gasteiger partial charge in [0.1, 0.15) is 15.8 Å². The van der Waals surface area contributed by atoms with Gasteiger partial charge in [-0.1, -0.05) is 23.5 Å². The first-order chi connectivity index (χ1) is 13.7. The van der Waals surface area contributed by atoms with Gasteiger partial charge in [0.15, 0.2) is 0 Å². The monoisotopic (exact) mass is 397 g/mol. The predicted octanol–water partition coefficient (Wildman–Crippen LogP) is 2.45. The Morgan fingerprint density at radius 1 is 1.18 bits per heavy atom. The summed E-state index contributed by atoms with van der Waals surface area (Å²) in [6, 6.07) is 7.49. The minimum absolute atomic E-state index is 0.0529. The highest BCUT2D eigenvalue weighted by molar-refractivity contribution is 7.11. The topological polar surface area (TPSA) is 84.1 Å². The van der Waals surface area contributed by atoms with Crippen LogP contribution in [-0.4, -0.2) is 42.9 Å². The Morgan fingerprint density at radius 3 is 2.86 bits per heavy atom. The van der Waals surface area contributed by atoms with Gasteiger partial charge >= 0.3 is 0 Å². The van der Waals surface area contributed by atoms with Gasteiger partial charge in [0.05, 0.1) is 36.6 Å². The Labute approximate surface area is 166 Å². The van der Waals surface area contributed by atoms with Crippen molar-refractivity contribution in [3.8, 4) is 0 Å². The summed E-state index contributed by atoms with van der Waals surface area (Å²) in [6.07, 6.45) is 4.47. The molecule has 2 aromatic heterocycles. The average molecular weight is 398 g/mol. The van der Waals surface area contributed by atoms with E-state index in [-0.39, 0.29) is 24.8 Å². The Morgan fingerprint density at radius 2 is 2.04 bits per heavy atom. The molecule has 1 saturated carbocycles. The molecule has 1 N–H and O–H groups in total. The summed E-state index contributed by atoms with van der Waals surface area (Å²) in [7, 11) is 0. The number of benzene rings is 1. The number of rotatable bonds is 6. The van der Waals surface area contributed by atoms with E-state index in [9.17, 15) is 9.90 Å². The molecule has 146 valence electrons. The van der Waals surface area contributed by atoms with Crippen LogP contribution in [-0.2, 0) is 13.1 Å². The summed E-state index contributed by atoms with van der Waals surface area (Å²) < 4.78 is 1.65. The van der Waals surface area contributed by atoms with Crippen LogP contribution in [0.25, 0.3) is 10.9 Å². The molecule has 5 rings (SSSR count). The SMILES string of the molecule is O=c1c2ccccc2nc(C2CCCN2Cc2nnc(C3CC3)s2)n1CCO. The summed E-state index contributed by atoms with van der Waals surface area (Å²) >= 11 is 1.71. The van der Waals surface area contributed by atoms with Gasteiger partial charge in [0.25, 0.3) is 5.56 Å². The number of aliphatic hydroxyl groups excluding tert-OH is 1. The summed E-state index contributed by atoms with van der Waals surface area (Å²) in [5.74, 6) is 1.37. The molecule has 0 radical (unpaired) electrons. The zero-order valence-corrected chi connectivity index (χ0v) is 16.4. The second-order valence-corrected chi connectivity index (χ2v) is 8.70. The van der Waals surface area contributed by atoms with Gasteiger partial charge in [0, 0.05) is 5.92 Å². The van der Waals surface area contributed by atoms with Crippen molar-refractivity contribution in [3.63, 3.8) is 0 Å². The molecule has 7 nitrogen and oxygen atoms in total. The van der Waals surface area contributed by atoms with Crippen molar-refractivity contribution in [2.45, 2.75) is 50.7 Å². The van der Waals surface area contributed by atoms with Crippen LogP contribution in [0.1, 0.15) is 53.5 Å². The molecule has 1 aliphatic carbocycles. The van der Waals surface area contributed by atoms with Crippen LogP contribution in [0.2, 0.25) is 0 Å². The second kappa shape index (κ2) is 7.35. The van der Waals surface area contributed by atoms with E-state index in [2.05, 4.69) is 15.1 Å². The molecule has 1 aromatic carbocycles. The minimum Gasteiger partial charge on any atom is -0.395 e. The lowest BCUT2D eigenvalue weighted by Gasteiger charge is -2.25. The second-order valence-electron chi connectivity index (χ2n) is 7.60. The van der Waals surface area contributed by atoms with Gasteiger partial charge in [-0.15, -0.1) is 10.2 Å². The van der Waals surface area contributed by atoms with Crippen molar-refractivity contribution in [1.29, 1.82) is 0 Å². The molecule has 3 aromatic rings. The van der Waals surface area contributed by atoms with E-state index in [4.69, 9.17) is 4.98 Å². The lowest BCUT2D eigenvalue weighted by Crippen LogP contribution is -2.32. The first-order valence-electron chi connectivity index (χ1n) is 9.91. The fourth-order valence-corrected chi connectivity index (χ4v) is 5.10. The van der Waals surface area contributed by atoms with Gasteiger partial charge in [-0.25, -0.2) is 4.98 Å². The first kappa shape index (κ1) is 17.9. The van der Waals surface area contributed by atoms with E-state index in [1.807, 2.05) is 18.2 Å². The van der Waals surface area contributed by atoms with Crippen LogP contribution in [0, 0.1) is 0 Å². The summed E-state index contributed by atoms with van der Waals surface area (Å²) in [6.45, 7) is 1.86. The zero-order valence-electron chi connectivity index (χ0n) is 15.6. The Hall–Kier alpha value is -2.16. The highest BCUT2D eigenvalue weighted by atomic mass is 32.1. The van der Waals surface area contributed by atoms with Crippen molar-refractivity contribution in [2.24, 2.45) is 0 Å². The molecule has 0 amide bonds. The maximum absolute atomic E-state index is 13.0. The molecule has 0 spiro atoms. The van der Waals surface area contributed by atoms with E-state index >= 15 is 0 Å². The molecule has 2 aliphatic rings. The van der Waals surface area contributed by atoms with Crippen molar-refractivity contribution < 1.29 is 5.11 Å². The van der Waals surface area contributed by atoms with Crippen molar-refractivity contribution in [2.75, 3.05) is 13.2 Å². The van der Waals surface area contributed by atoms with E-state index in [1.54, 1.807) is 22.0 Å². The van der Waals surface area contributed by atoms with Crippen LogP contribution >= 0.6 is 11.3 Å². The Bertz CT molecular complexity index is 1060. The van der Waals surface area contributed by atoms with E-state index < -0.39 is 0 Å². The van der Waals surface area contributed by atoms with Gasteiger partial charge in [-0.2, -0.15) is 0 Å². The van der Waals surface area contributed by atoms with E-state index in [0.717, 1.165) is 47.3 Å². The highest BCUT2D eigenvalue weighted by Crippen LogP contribution is 2.42. The van der Waals surface area contributed by atoms with Crippen LogP contribution in [0.3, 0.4) is 0 Å². The number of hydrogen-bond acceptors (Lipinski definition) is 7. The van der Waals surface area contributed by atoms with Gasteiger partial charge in [-0.05, 0) is 44.4 Å². The van der Waals surface area contributed by atoms with Gasteiger partial charge in [-0.3, -0.25) is 14.3 Å². The van der Waals surface area contributed by atoms with E-state index in [1.165, 1.54) is 12.8 Å². The standard InChI is InChI=1S/C20H23N5O2S/c26-11-10-25-18(21-15-5-2-1-4-14(15)20(25)27)16-6-3-9-24(16)12-17-22-23-19(28-17)13-7-8-13/h1-2,4-5,13,16,26H,3,6-12H2. The smallest absolute Gasteiger partial charge is 0.261 e. The van der Waals surface area contributed by atoms with Crippen molar-refractivity contribution in [3.05, 3.63) is 50.5 Å². The quantitative estimate of drug-likeness (QED) is 0.688. The molecule has 2 fully saturated rings. The third-order valence-corrected chi connectivity index (χ3v) is 6.69. The maximum atomic E-state index is 13.0. The summed E-state index contributed by atoms with van der Waals surface area (Å²) in [4.78, 5) is 20.2. The fraction of sp³-hybridized carbons (Fsp3) is 0.500. The molecule has 1 aliphatic heterocycles. The Balaban J connectivity index is 1.50. The number of para-hydroxylation sites is 1. The molecule has 0 bridgehead atoms. The zero-order chi connectivity index (χ0) is 19.1. The van der Waals surface area contributed by atoms with Crippen LogP contribution in [0.15, 0.2) is 29.1 Å². The predicted molar refractivity (Wildman–Crippen MR) is 107 cm³/mol. The highest BCUT2D eigenvalue weighted by Gasteiger charge is 2.32. The molecule has 1 unspecified atom stereocenters. The third-order valence-electron chi connectivity index (χ3n) is 5.62. The molecule has 28 heavy (non-hydrogen) atoms. The minimum atomic E-state index is -0.0825. The normalized spacial score (nSPS) is 20.2. The van der Waals surface area contributed by atoms with Crippen molar-refractivity contribution in [1.82, 2.24) is 24.6 Å². The van der Waals surface area contributed by atoms with Gasteiger partial charge < -0.3 is 5.11 Å². The lowest BCUT2D eigenvalue weighted by molar-refractivity contribution is 0.222. The molecule has 1 saturated heterocycles. The number of fused-ring (bicyclic) bond motifs is 1. The van der Waals surface area contributed by atoms with Crippen LogP contribution in [0.4, 0.5) is 0 Å². The first-order valence-corrected chi connectivity index (χ1v) is 10.7. The molecular weight excluding hydrogens is 374 g/mol. The number of hydrogen-bond donors (Lipinski definition) is 1. The number of nitrogens with zero attached hydrogens (tertiary/aromatic N) is 5. The largest absolute Gasteiger partial charge is 0.395 e. The summed E-state index contributed by atoms with van der Waals surface area (Å²) in [5, 5.41) is 21.1.